The van der Waals surface area contributed by atoms with E-state index < -0.39 is 11.0 Å². The Balaban J connectivity index is 1.84. The van der Waals surface area contributed by atoms with Crippen LogP contribution in [0.1, 0.15) is 11.1 Å². The van der Waals surface area contributed by atoms with Crippen LogP contribution in [0, 0.1) is 13.8 Å². The molecule has 0 spiro atoms. The molecule has 1 heterocycles. The highest BCUT2D eigenvalue weighted by Gasteiger charge is 2.18. The lowest BCUT2D eigenvalue weighted by Crippen LogP contribution is -2.44. The Hall–Kier alpha value is -1.21. The molecule has 2 aromatic carbocycles. The third-order valence-corrected chi connectivity index (χ3v) is 5.72. The van der Waals surface area contributed by atoms with Gasteiger partial charge in [0.1, 0.15) is 22.5 Å². The van der Waals surface area contributed by atoms with Crippen LogP contribution in [0.5, 0.6) is 11.5 Å². The Morgan fingerprint density at radius 1 is 1.00 bits per heavy atom. The fourth-order valence-electron chi connectivity index (χ4n) is 2.78. The van der Waals surface area contributed by atoms with E-state index in [9.17, 15) is 4.21 Å². The van der Waals surface area contributed by atoms with Gasteiger partial charge in [0.05, 0.1) is 4.90 Å². The van der Waals surface area contributed by atoms with Gasteiger partial charge in [0, 0.05) is 30.7 Å². The molecule has 1 N–H and O–H groups in total. The van der Waals surface area contributed by atoms with E-state index in [0.29, 0.717) is 5.75 Å². The molecule has 24 heavy (non-hydrogen) atoms. The summed E-state index contributed by atoms with van der Waals surface area (Å²) >= 11 is 3.50. The van der Waals surface area contributed by atoms with E-state index in [1.807, 2.05) is 48.5 Å². The lowest BCUT2D eigenvalue weighted by molar-refractivity contribution is 0.380. The first kappa shape index (κ1) is 17.6. The molecule has 0 radical (unpaired) electrons. The Morgan fingerprint density at radius 2 is 1.62 bits per heavy atom. The van der Waals surface area contributed by atoms with Crippen molar-refractivity contribution in [3.8, 4) is 11.5 Å². The van der Waals surface area contributed by atoms with Crippen molar-refractivity contribution in [2.45, 2.75) is 18.7 Å². The largest absolute Gasteiger partial charge is 0.457 e. The van der Waals surface area contributed by atoms with Crippen LogP contribution in [0.25, 0.3) is 0 Å². The van der Waals surface area contributed by atoms with Gasteiger partial charge in [0.15, 0.2) is 0 Å². The topological polar surface area (TPSA) is 41.6 Å². The fraction of sp³-hybridized carbons (Fsp3) is 0.333. The first-order valence-electron chi connectivity index (χ1n) is 7.95. The van der Waals surface area contributed by atoms with E-state index >= 15 is 0 Å². The van der Waals surface area contributed by atoms with E-state index in [0.717, 1.165) is 52.4 Å². The number of ether oxygens (including phenoxy) is 1. The van der Waals surface area contributed by atoms with Crippen LogP contribution in [0.15, 0.2) is 45.8 Å². The van der Waals surface area contributed by atoms with Gasteiger partial charge in [0.2, 0.25) is 0 Å². The van der Waals surface area contributed by atoms with Gasteiger partial charge in [-0.05, 0) is 55.3 Å². The van der Waals surface area contributed by atoms with Crippen LogP contribution in [-0.2, 0) is 11.0 Å². The maximum atomic E-state index is 12.8. The summed E-state index contributed by atoms with van der Waals surface area (Å²) in [6.07, 6.45) is 0. The van der Waals surface area contributed by atoms with E-state index in [-0.39, 0.29) is 0 Å². The molecule has 0 aliphatic carbocycles. The normalized spacial score (nSPS) is 16.8. The van der Waals surface area contributed by atoms with Crippen molar-refractivity contribution in [3.63, 3.8) is 0 Å². The van der Waals surface area contributed by atoms with Gasteiger partial charge in [-0.2, -0.15) is 0 Å². The van der Waals surface area contributed by atoms with Crippen LogP contribution in [0.2, 0.25) is 0 Å². The van der Waals surface area contributed by atoms with E-state index in [4.69, 9.17) is 4.74 Å². The van der Waals surface area contributed by atoms with Gasteiger partial charge in [-0.25, -0.2) is 8.51 Å². The van der Waals surface area contributed by atoms with E-state index in [2.05, 4.69) is 27.3 Å². The molecule has 4 nitrogen and oxygen atoms in total. The molecule has 1 aliphatic rings. The molecule has 128 valence electrons. The second-order valence-corrected chi connectivity index (χ2v) is 8.38. The quantitative estimate of drug-likeness (QED) is 0.836. The molecule has 0 aromatic heterocycles. The van der Waals surface area contributed by atoms with Gasteiger partial charge >= 0.3 is 0 Å². The standard InChI is InChI=1S/C18H21BrN2O2S/c1-13-7-14(2)9-16(8-13)23-17-10-15(19)11-18(12-17)24(22)21-5-3-20-4-6-21/h7-12,20H,3-6H2,1-2H3. The summed E-state index contributed by atoms with van der Waals surface area (Å²) in [4.78, 5) is 0.755. The summed E-state index contributed by atoms with van der Waals surface area (Å²) < 4.78 is 21.7. The molecule has 0 amide bonds. The van der Waals surface area contributed by atoms with Crippen molar-refractivity contribution < 1.29 is 8.95 Å². The third kappa shape index (κ3) is 4.45. The van der Waals surface area contributed by atoms with Crippen molar-refractivity contribution in [1.82, 2.24) is 9.62 Å². The number of nitrogens with zero attached hydrogens (tertiary/aromatic N) is 1. The van der Waals surface area contributed by atoms with Crippen LogP contribution < -0.4 is 10.1 Å². The summed E-state index contributed by atoms with van der Waals surface area (Å²) in [6, 6.07) is 11.8. The second-order valence-electron chi connectivity index (χ2n) is 5.98. The van der Waals surface area contributed by atoms with Crippen LogP contribution in [0.4, 0.5) is 0 Å². The van der Waals surface area contributed by atoms with Crippen LogP contribution >= 0.6 is 15.9 Å². The highest BCUT2D eigenvalue weighted by atomic mass is 79.9. The van der Waals surface area contributed by atoms with Crippen LogP contribution in [0.3, 0.4) is 0 Å². The summed E-state index contributed by atoms with van der Waals surface area (Å²) in [7, 11) is -1.17. The predicted molar refractivity (Wildman–Crippen MR) is 101 cm³/mol. The zero-order valence-electron chi connectivity index (χ0n) is 13.8. The summed E-state index contributed by atoms with van der Waals surface area (Å²) in [6.45, 7) is 7.40. The molecule has 0 bridgehead atoms. The summed E-state index contributed by atoms with van der Waals surface area (Å²) in [5, 5.41) is 3.28. The Kier molecular flexibility index (Phi) is 5.71. The number of nitrogens with one attached hydrogen (secondary N) is 1. The summed E-state index contributed by atoms with van der Waals surface area (Å²) in [5.41, 5.74) is 2.31. The Labute approximate surface area is 153 Å². The smallest absolute Gasteiger partial charge is 0.129 e. The molecular formula is C18H21BrN2O2S. The highest BCUT2D eigenvalue weighted by Crippen LogP contribution is 2.29. The number of hydrogen-bond donors (Lipinski definition) is 1. The predicted octanol–water partition coefficient (Wildman–Crippen LogP) is 3.79. The van der Waals surface area contributed by atoms with E-state index in [1.165, 1.54) is 0 Å². The van der Waals surface area contributed by atoms with Gasteiger partial charge in [-0.1, -0.05) is 22.0 Å². The molecule has 1 aliphatic heterocycles. The molecular weight excluding hydrogens is 388 g/mol. The SMILES string of the molecule is Cc1cc(C)cc(Oc2cc(Br)cc(S(=O)N3CCNCC3)c2)c1. The third-order valence-electron chi connectivity index (χ3n) is 3.79. The second kappa shape index (κ2) is 7.78. The number of piperazine rings is 1. The minimum absolute atomic E-state index is 0.688. The average Bonchev–Trinajstić information content (AvgIpc) is 2.53. The first-order valence-corrected chi connectivity index (χ1v) is 9.85. The summed E-state index contributed by atoms with van der Waals surface area (Å²) in [5.74, 6) is 1.48. The molecule has 1 atom stereocenters. The van der Waals surface area contributed by atoms with Gasteiger partial charge in [0.25, 0.3) is 0 Å². The molecule has 6 heteroatoms. The fourth-order valence-corrected chi connectivity index (χ4v) is 4.66. The molecule has 3 rings (SSSR count). The minimum Gasteiger partial charge on any atom is -0.457 e. The maximum Gasteiger partial charge on any atom is 0.129 e. The lowest BCUT2D eigenvalue weighted by Gasteiger charge is -2.26. The van der Waals surface area contributed by atoms with Crippen molar-refractivity contribution in [1.29, 1.82) is 0 Å². The van der Waals surface area contributed by atoms with Gasteiger partial charge in [-0.15, -0.1) is 0 Å². The number of halogens is 1. The van der Waals surface area contributed by atoms with Crippen LogP contribution in [-0.4, -0.2) is 34.7 Å². The average molecular weight is 409 g/mol. The number of benzene rings is 2. The monoisotopic (exact) mass is 408 g/mol. The number of rotatable bonds is 4. The van der Waals surface area contributed by atoms with E-state index in [1.54, 1.807) is 0 Å². The minimum atomic E-state index is -1.17. The van der Waals surface area contributed by atoms with Crippen molar-refractivity contribution >= 4 is 26.9 Å². The van der Waals surface area contributed by atoms with Crippen molar-refractivity contribution in [2.75, 3.05) is 26.2 Å². The lowest BCUT2D eigenvalue weighted by atomic mass is 10.1. The van der Waals surface area contributed by atoms with Crippen molar-refractivity contribution in [3.05, 3.63) is 52.0 Å². The maximum absolute atomic E-state index is 12.8. The molecule has 1 fully saturated rings. The Bertz CT molecular complexity index is 740. The van der Waals surface area contributed by atoms with Crippen molar-refractivity contribution in [2.24, 2.45) is 0 Å². The first-order chi connectivity index (χ1) is 11.5. The van der Waals surface area contributed by atoms with Gasteiger partial charge in [-0.3, -0.25) is 0 Å². The molecule has 0 saturated carbocycles. The van der Waals surface area contributed by atoms with Gasteiger partial charge < -0.3 is 10.1 Å². The molecule has 2 aromatic rings. The number of aryl methyl sites for hydroxylation is 2. The molecule has 1 saturated heterocycles. The molecule has 1 unspecified atom stereocenters. The number of hydrogen-bond acceptors (Lipinski definition) is 3. The zero-order valence-corrected chi connectivity index (χ0v) is 16.2. The zero-order chi connectivity index (χ0) is 17.1. The Morgan fingerprint density at radius 3 is 2.29 bits per heavy atom. The highest BCUT2D eigenvalue weighted by molar-refractivity contribution is 9.10.